The van der Waals surface area contributed by atoms with Crippen LogP contribution in [0.1, 0.15) is 11.3 Å². The maximum atomic E-state index is 5.18. The van der Waals surface area contributed by atoms with Crippen LogP contribution in [0, 0.1) is 6.92 Å². The highest BCUT2D eigenvalue weighted by Gasteiger charge is 2.05. The van der Waals surface area contributed by atoms with Crippen molar-refractivity contribution in [3.8, 4) is 5.75 Å². The second-order valence-electron chi connectivity index (χ2n) is 4.63. The van der Waals surface area contributed by atoms with Crippen LogP contribution in [-0.2, 0) is 6.54 Å². The number of aryl methyl sites for hydroxylation is 1. The van der Waals surface area contributed by atoms with Crippen LogP contribution in [0.5, 0.6) is 5.75 Å². The third-order valence-corrected chi connectivity index (χ3v) is 3.37. The highest BCUT2D eigenvalue weighted by atomic mass is 16.5. The van der Waals surface area contributed by atoms with Gasteiger partial charge in [-0.15, -0.1) is 0 Å². The van der Waals surface area contributed by atoms with E-state index in [4.69, 9.17) is 4.74 Å². The maximum absolute atomic E-state index is 5.18. The SMILES string of the molecule is COc1ccc(Cn2ccc3ccnc(C)c32)cc1. The molecule has 2 heterocycles. The van der Waals surface area contributed by atoms with Crippen molar-refractivity contribution in [3.63, 3.8) is 0 Å². The van der Waals surface area contributed by atoms with Crippen molar-refractivity contribution in [2.75, 3.05) is 7.11 Å². The molecule has 0 aliphatic heterocycles. The van der Waals surface area contributed by atoms with Crippen LogP contribution >= 0.6 is 0 Å². The summed E-state index contributed by atoms with van der Waals surface area (Å²) in [6.45, 7) is 2.90. The predicted octanol–water partition coefficient (Wildman–Crippen LogP) is 3.40. The first-order valence-electron chi connectivity index (χ1n) is 6.31. The molecule has 0 saturated carbocycles. The summed E-state index contributed by atoms with van der Waals surface area (Å²) >= 11 is 0. The van der Waals surface area contributed by atoms with Crippen LogP contribution < -0.4 is 4.74 Å². The number of benzene rings is 1. The summed E-state index contributed by atoms with van der Waals surface area (Å²) in [6, 6.07) is 12.4. The van der Waals surface area contributed by atoms with Crippen LogP contribution in [0.3, 0.4) is 0 Å². The molecule has 0 unspecified atom stereocenters. The molecule has 0 saturated heterocycles. The Kier molecular flexibility index (Phi) is 2.95. The van der Waals surface area contributed by atoms with Gasteiger partial charge in [0.2, 0.25) is 0 Å². The Hall–Kier alpha value is -2.29. The smallest absolute Gasteiger partial charge is 0.118 e. The zero-order valence-electron chi connectivity index (χ0n) is 11.1. The summed E-state index contributed by atoms with van der Waals surface area (Å²) in [5, 5.41) is 1.24. The highest BCUT2D eigenvalue weighted by Crippen LogP contribution is 2.20. The Bertz CT molecular complexity index is 698. The molecule has 0 spiro atoms. The number of rotatable bonds is 3. The monoisotopic (exact) mass is 252 g/mol. The fourth-order valence-electron chi connectivity index (χ4n) is 2.39. The number of fused-ring (bicyclic) bond motifs is 1. The molecule has 0 N–H and O–H groups in total. The molecular weight excluding hydrogens is 236 g/mol. The van der Waals surface area contributed by atoms with E-state index in [9.17, 15) is 0 Å². The van der Waals surface area contributed by atoms with E-state index in [1.54, 1.807) is 7.11 Å². The fraction of sp³-hybridized carbons (Fsp3) is 0.188. The maximum Gasteiger partial charge on any atom is 0.118 e. The number of aromatic nitrogens is 2. The molecule has 0 fully saturated rings. The van der Waals surface area contributed by atoms with Gasteiger partial charge < -0.3 is 9.30 Å². The van der Waals surface area contributed by atoms with Gasteiger partial charge in [-0.1, -0.05) is 12.1 Å². The minimum Gasteiger partial charge on any atom is -0.497 e. The lowest BCUT2D eigenvalue weighted by Gasteiger charge is -2.08. The van der Waals surface area contributed by atoms with Gasteiger partial charge in [-0.2, -0.15) is 0 Å². The molecule has 3 aromatic rings. The van der Waals surface area contributed by atoms with Gasteiger partial charge in [0, 0.05) is 24.3 Å². The average molecular weight is 252 g/mol. The Balaban J connectivity index is 1.96. The third kappa shape index (κ3) is 2.19. The van der Waals surface area contributed by atoms with E-state index in [0.29, 0.717) is 0 Å². The topological polar surface area (TPSA) is 27.1 Å². The summed E-state index contributed by atoms with van der Waals surface area (Å²) in [5.74, 6) is 0.888. The summed E-state index contributed by atoms with van der Waals surface area (Å²) in [5.41, 5.74) is 3.52. The van der Waals surface area contributed by atoms with E-state index < -0.39 is 0 Å². The average Bonchev–Trinajstić information content (AvgIpc) is 2.84. The zero-order chi connectivity index (χ0) is 13.2. The minimum absolute atomic E-state index is 0.847. The number of hydrogen-bond donors (Lipinski definition) is 0. The predicted molar refractivity (Wildman–Crippen MR) is 76.6 cm³/mol. The quantitative estimate of drug-likeness (QED) is 0.714. The number of methoxy groups -OCH3 is 1. The Morgan fingerprint density at radius 1 is 1.11 bits per heavy atom. The molecule has 0 amide bonds. The molecule has 0 radical (unpaired) electrons. The van der Waals surface area contributed by atoms with Crippen molar-refractivity contribution in [3.05, 3.63) is 60.0 Å². The number of hydrogen-bond acceptors (Lipinski definition) is 2. The first-order valence-corrected chi connectivity index (χ1v) is 6.31. The molecule has 3 heteroatoms. The van der Waals surface area contributed by atoms with Crippen LogP contribution in [0.4, 0.5) is 0 Å². The van der Waals surface area contributed by atoms with E-state index in [2.05, 4.69) is 33.9 Å². The van der Waals surface area contributed by atoms with Crippen LogP contribution in [0.15, 0.2) is 48.8 Å². The molecule has 0 aliphatic carbocycles. The Morgan fingerprint density at radius 3 is 2.63 bits per heavy atom. The summed E-state index contributed by atoms with van der Waals surface area (Å²) in [4.78, 5) is 4.37. The number of nitrogens with zero attached hydrogens (tertiary/aromatic N) is 2. The van der Waals surface area contributed by atoms with Crippen LogP contribution in [0.2, 0.25) is 0 Å². The van der Waals surface area contributed by atoms with E-state index in [0.717, 1.165) is 18.0 Å². The van der Waals surface area contributed by atoms with Gasteiger partial charge in [0.15, 0.2) is 0 Å². The second kappa shape index (κ2) is 4.76. The summed E-state index contributed by atoms with van der Waals surface area (Å²) in [7, 11) is 1.68. The van der Waals surface area contributed by atoms with Crippen LogP contribution in [-0.4, -0.2) is 16.7 Å². The lowest BCUT2D eigenvalue weighted by molar-refractivity contribution is 0.414. The number of pyridine rings is 1. The summed E-state index contributed by atoms with van der Waals surface area (Å²) < 4.78 is 7.41. The largest absolute Gasteiger partial charge is 0.497 e. The fourth-order valence-corrected chi connectivity index (χ4v) is 2.39. The molecule has 96 valence electrons. The van der Waals surface area contributed by atoms with Crippen molar-refractivity contribution in [2.45, 2.75) is 13.5 Å². The lowest BCUT2D eigenvalue weighted by atomic mass is 10.2. The van der Waals surface area contributed by atoms with E-state index >= 15 is 0 Å². The summed E-state index contributed by atoms with van der Waals surface area (Å²) in [6.07, 6.45) is 3.97. The molecule has 0 bridgehead atoms. The van der Waals surface area contributed by atoms with Gasteiger partial charge in [-0.25, -0.2) is 0 Å². The van der Waals surface area contributed by atoms with Crippen LogP contribution in [0.25, 0.3) is 10.9 Å². The van der Waals surface area contributed by atoms with Gasteiger partial charge in [0.25, 0.3) is 0 Å². The normalized spacial score (nSPS) is 10.8. The van der Waals surface area contributed by atoms with Crippen molar-refractivity contribution in [2.24, 2.45) is 0 Å². The standard InChI is InChI=1S/C16H16N2O/c1-12-16-14(7-9-17-12)8-10-18(16)11-13-3-5-15(19-2)6-4-13/h3-10H,11H2,1-2H3. The molecule has 0 aliphatic rings. The third-order valence-electron chi connectivity index (χ3n) is 3.37. The van der Waals surface area contributed by atoms with E-state index in [-0.39, 0.29) is 0 Å². The molecule has 3 rings (SSSR count). The van der Waals surface area contributed by atoms with Gasteiger partial charge in [0.05, 0.1) is 18.3 Å². The van der Waals surface area contributed by atoms with Crippen molar-refractivity contribution in [1.82, 2.24) is 9.55 Å². The lowest BCUT2D eigenvalue weighted by Crippen LogP contribution is -1.99. The highest BCUT2D eigenvalue weighted by molar-refractivity contribution is 5.81. The van der Waals surface area contributed by atoms with Gasteiger partial charge in [0.1, 0.15) is 5.75 Å². The first kappa shape index (κ1) is 11.8. The second-order valence-corrected chi connectivity index (χ2v) is 4.63. The molecule has 19 heavy (non-hydrogen) atoms. The van der Waals surface area contributed by atoms with Gasteiger partial charge in [-0.05, 0) is 36.8 Å². The number of ether oxygens (including phenoxy) is 1. The van der Waals surface area contributed by atoms with Crippen molar-refractivity contribution < 1.29 is 4.74 Å². The minimum atomic E-state index is 0.847. The molecule has 0 atom stereocenters. The Labute approximate surface area is 112 Å². The van der Waals surface area contributed by atoms with Crippen molar-refractivity contribution in [1.29, 1.82) is 0 Å². The van der Waals surface area contributed by atoms with Gasteiger partial charge >= 0.3 is 0 Å². The molecule has 3 nitrogen and oxygen atoms in total. The first-order chi connectivity index (χ1) is 9.28. The van der Waals surface area contributed by atoms with Gasteiger partial charge in [-0.3, -0.25) is 4.98 Å². The molecular formula is C16H16N2O. The zero-order valence-corrected chi connectivity index (χ0v) is 11.1. The Morgan fingerprint density at radius 2 is 1.89 bits per heavy atom. The molecule has 2 aromatic heterocycles. The van der Waals surface area contributed by atoms with Crippen molar-refractivity contribution >= 4 is 10.9 Å². The van der Waals surface area contributed by atoms with E-state index in [1.165, 1.54) is 16.5 Å². The molecule has 1 aromatic carbocycles. The van der Waals surface area contributed by atoms with E-state index in [1.807, 2.05) is 31.3 Å².